The van der Waals surface area contributed by atoms with Gasteiger partial charge in [0, 0.05) is 30.1 Å². The van der Waals surface area contributed by atoms with Gasteiger partial charge in [0.15, 0.2) is 0 Å². The Bertz CT molecular complexity index is 733. The van der Waals surface area contributed by atoms with Crippen molar-refractivity contribution in [3.63, 3.8) is 0 Å². The Labute approximate surface area is 171 Å². The first-order chi connectivity index (χ1) is 11.0. The van der Waals surface area contributed by atoms with E-state index in [2.05, 4.69) is 11.8 Å². The smallest absolute Gasteiger partial charge is 0.744 e. The maximum absolute atomic E-state index is 11.3. The molecule has 1 aliphatic heterocycles. The summed E-state index contributed by atoms with van der Waals surface area (Å²) in [6, 6.07) is 4.74. The normalized spacial score (nSPS) is 18.6. The predicted octanol–water partition coefficient (Wildman–Crippen LogP) is -0.274. The number of hydrogen-bond acceptors (Lipinski definition) is 5. The number of anilines is 1. The van der Waals surface area contributed by atoms with E-state index in [0.717, 1.165) is 30.6 Å². The van der Waals surface area contributed by atoms with Crippen LogP contribution in [-0.2, 0) is 20.3 Å². The van der Waals surface area contributed by atoms with Crippen LogP contribution in [-0.4, -0.2) is 36.6 Å². The Hall–Kier alpha value is -0.600. The van der Waals surface area contributed by atoms with Crippen molar-refractivity contribution in [2.75, 3.05) is 11.4 Å². The number of aliphatic carboxylic acids is 1. The summed E-state index contributed by atoms with van der Waals surface area (Å²) in [6.07, 6.45) is 2.54. The molecule has 1 heterocycles. The largest absolute Gasteiger partial charge is 1.00 e. The van der Waals surface area contributed by atoms with E-state index >= 15 is 0 Å². The number of rotatable bonds is 7. The SMILES string of the molecule is CC1N(CCCCCC(=O)O)c2ccc(S(=O)(=O)[O-])cc2C1(C)C.[Na+]. The number of carboxylic acids is 1. The van der Waals surface area contributed by atoms with Gasteiger partial charge in [-0.1, -0.05) is 20.3 Å². The summed E-state index contributed by atoms with van der Waals surface area (Å²) in [5.74, 6) is -0.776. The second-order valence-corrected chi connectivity index (χ2v) is 8.31. The van der Waals surface area contributed by atoms with Crippen molar-refractivity contribution in [1.29, 1.82) is 0 Å². The average molecular weight is 377 g/mol. The second-order valence-electron chi connectivity index (χ2n) is 6.93. The van der Waals surface area contributed by atoms with E-state index < -0.39 is 16.1 Å². The Morgan fingerprint density at radius 1 is 1.28 bits per heavy atom. The van der Waals surface area contributed by atoms with Crippen molar-refractivity contribution in [2.45, 2.75) is 62.8 Å². The summed E-state index contributed by atoms with van der Waals surface area (Å²) in [5, 5.41) is 8.67. The molecule has 1 aromatic carbocycles. The van der Waals surface area contributed by atoms with E-state index in [0.29, 0.717) is 6.42 Å². The zero-order valence-electron chi connectivity index (χ0n) is 15.3. The fourth-order valence-corrected chi connectivity index (χ4v) is 3.81. The molecule has 0 amide bonds. The molecule has 0 saturated heterocycles. The van der Waals surface area contributed by atoms with E-state index in [4.69, 9.17) is 5.11 Å². The average Bonchev–Trinajstić information content (AvgIpc) is 2.66. The van der Waals surface area contributed by atoms with E-state index in [9.17, 15) is 17.8 Å². The molecule has 6 nitrogen and oxygen atoms in total. The molecule has 0 spiro atoms. The van der Waals surface area contributed by atoms with Crippen LogP contribution in [0.5, 0.6) is 0 Å². The van der Waals surface area contributed by atoms with Crippen molar-refractivity contribution in [1.82, 2.24) is 0 Å². The van der Waals surface area contributed by atoms with E-state index in [1.54, 1.807) is 6.07 Å². The molecule has 0 fully saturated rings. The molecular weight excluding hydrogens is 353 g/mol. The van der Waals surface area contributed by atoms with Gasteiger partial charge in [-0.15, -0.1) is 0 Å². The van der Waals surface area contributed by atoms with Crippen LogP contribution in [0.2, 0.25) is 0 Å². The molecule has 0 bridgehead atoms. The Kier molecular flexibility index (Phi) is 7.53. The Morgan fingerprint density at radius 3 is 2.48 bits per heavy atom. The van der Waals surface area contributed by atoms with Gasteiger partial charge >= 0.3 is 35.5 Å². The van der Waals surface area contributed by atoms with Crippen molar-refractivity contribution < 1.29 is 52.4 Å². The molecule has 8 heteroatoms. The molecule has 134 valence electrons. The first-order valence-electron chi connectivity index (χ1n) is 8.14. The number of fused-ring (bicyclic) bond motifs is 1. The van der Waals surface area contributed by atoms with Crippen LogP contribution in [0, 0.1) is 0 Å². The van der Waals surface area contributed by atoms with Crippen molar-refractivity contribution in [3.8, 4) is 0 Å². The minimum absolute atomic E-state index is 0. The minimum Gasteiger partial charge on any atom is -0.744 e. The van der Waals surface area contributed by atoms with E-state index in [1.807, 2.05) is 13.8 Å². The fourth-order valence-electron chi connectivity index (χ4n) is 3.31. The monoisotopic (exact) mass is 377 g/mol. The van der Waals surface area contributed by atoms with Crippen molar-refractivity contribution in [3.05, 3.63) is 23.8 Å². The van der Waals surface area contributed by atoms with Gasteiger partial charge in [-0.05, 0) is 43.5 Å². The molecule has 0 aliphatic carbocycles. The van der Waals surface area contributed by atoms with Gasteiger partial charge < -0.3 is 14.6 Å². The summed E-state index contributed by atoms with van der Waals surface area (Å²) >= 11 is 0. The second kappa shape index (κ2) is 8.39. The van der Waals surface area contributed by atoms with Gasteiger partial charge in [0.25, 0.3) is 0 Å². The minimum atomic E-state index is -4.47. The van der Waals surface area contributed by atoms with Gasteiger partial charge in [0.1, 0.15) is 10.1 Å². The van der Waals surface area contributed by atoms with Crippen LogP contribution >= 0.6 is 0 Å². The fraction of sp³-hybridized carbons (Fsp3) is 0.588. The third-order valence-electron chi connectivity index (χ3n) is 5.06. The van der Waals surface area contributed by atoms with Gasteiger partial charge in [-0.2, -0.15) is 0 Å². The third-order valence-corrected chi connectivity index (χ3v) is 5.89. The number of carbonyl (C=O) groups is 1. The van der Waals surface area contributed by atoms with Crippen molar-refractivity contribution >= 4 is 21.8 Å². The molecular formula is C17H24NNaO5S. The molecule has 1 unspecified atom stereocenters. The summed E-state index contributed by atoms with van der Waals surface area (Å²) in [7, 11) is -4.47. The number of hydrogen-bond donors (Lipinski definition) is 1. The number of benzene rings is 1. The maximum Gasteiger partial charge on any atom is 1.00 e. The Balaban J connectivity index is 0.00000312. The molecule has 0 aromatic heterocycles. The Morgan fingerprint density at radius 2 is 1.92 bits per heavy atom. The number of unbranched alkanes of at least 4 members (excludes halogenated alkanes) is 2. The summed E-state index contributed by atoms with van der Waals surface area (Å²) in [6.45, 7) is 6.95. The standard InChI is InChI=1S/C17H25NO5S.Na/c1-12-17(2,3)14-11-13(24(21,22)23)8-9-15(14)18(12)10-6-4-5-7-16(19)20;/h8-9,11-12H,4-7,10H2,1-3H3,(H,19,20)(H,21,22,23);/q;+1/p-1. The topological polar surface area (TPSA) is 97.7 Å². The quantitative estimate of drug-likeness (QED) is 0.399. The van der Waals surface area contributed by atoms with Gasteiger partial charge in [-0.3, -0.25) is 4.79 Å². The van der Waals surface area contributed by atoms with Gasteiger partial charge in [-0.25, -0.2) is 8.42 Å². The summed E-state index contributed by atoms with van der Waals surface area (Å²) < 4.78 is 33.9. The van der Waals surface area contributed by atoms with Crippen LogP contribution in [0.3, 0.4) is 0 Å². The number of carboxylic acid groups (broad SMARTS) is 1. The zero-order chi connectivity index (χ0) is 18.1. The van der Waals surface area contributed by atoms with E-state index in [-0.39, 0.29) is 52.3 Å². The maximum atomic E-state index is 11.3. The molecule has 1 atom stereocenters. The summed E-state index contributed by atoms with van der Waals surface area (Å²) in [4.78, 5) is 12.6. The predicted molar refractivity (Wildman–Crippen MR) is 90.3 cm³/mol. The molecule has 1 aromatic rings. The zero-order valence-corrected chi connectivity index (χ0v) is 18.1. The van der Waals surface area contributed by atoms with Crippen LogP contribution in [0.15, 0.2) is 23.1 Å². The molecule has 0 radical (unpaired) electrons. The van der Waals surface area contributed by atoms with Crippen molar-refractivity contribution in [2.24, 2.45) is 0 Å². The van der Waals surface area contributed by atoms with Gasteiger partial charge in [0.05, 0.1) is 4.90 Å². The van der Waals surface area contributed by atoms with E-state index in [1.165, 1.54) is 12.1 Å². The van der Waals surface area contributed by atoms with Crippen LogP contribution in [0.1, 0.15) is 52.0 Å². The first kappa shape index (κ1) is 22.4. The molecule has 25 heavy (non-hydrogen) atoms. The van der Waals surface area contributed by atoms with Crippen LogP contribution < -0.4 is 34.5 Å². The van der Waals surface area contributed by atoms with Crippen LogP contribution in [0.25, 0.3) is 0 Å². The number of nitrogens with zero attached hydrogens (tertiary/aromatic N) is 1. The molecule has 0 saturated carbocycles. The summed E-state index contributed by atoms with van der Waals surface area (Å²) in [5.41, 5.74) is 1.56. The third kappa shape index (κ3) is 4.98. The molecule has 2 rings (SSSR count). The first-order valence-corrected chi connectivity index (χ1v) is 9.55. The molecule has 1 aliphatic rings. The van der Waals surface area contributed by atoms with Gasteiger partial charge in [0.2, 0.25) is 0 Å². The molecule has 1 N–H and O–H groups in total. The van der Waals surface area contributed by atoms with Crippen LogP contribution in [0.4, 0.5) is 5.69 Å².